The molecule has 1 aliphatic heterocycles. The Morgan fingerprint density at radius 1 is 1.11 bits per heavy atom. The first-order chi connectivity index (χ1) is 17.1. The maximum atomic E-state index is 13.4. The third-order valence-corrected chi connectivity index (χ3v) is 6.03. The van der Waals surface area contributed by atoms with Gasteiger partial charge in [-0.3, -0.25) is 13.9 Å². The predicted octanol–water partition coefficient (Wildman–Crippen LogP) is 2.85. The van der Waals surface area contributed by atoms with Crippen LogP contribution in [0.1, 0.15) is 25.7 Å². The first kappa shape index (κ1) is 22.9. The van der Waals surface area contributed by atoms with Gasteiger partial charge in [0.2, 0.25) is 11.7 Å². The van der Waals surface area contributed by atoms with E-state index in [0.29, 0.717) is 47.0 Å². The minimum absolute atomic E-state index is 0.0202. The van der Waals surface area contributed by atoms with Crippen molar-refractivity contribution >= 4 is 10.9 Å². The SMILES string of the molecule is CCOc1ccc(-c2noc(Cn3c(=O)n(CC4CCCO4)c(=O)c4ccccc43)n2)cc1OC. The first-order valence-corrected chi connectivity index (χ1v) is 11.6. The standard InChI is InChI=1S/C25H26N4O6/c1-3-33-20-11-10-16(13-21(20)32-2)23-26-22(35-27-23)15-28-19-9-5-4-8-18(19)24(30)29(25(28)31)14-17-7-6-12-34-17/h4-5,8-11,13,17H,3,6-7,12,14-15H2,1-2H3. The molecule has 1 unspecified atom stereocenters. The fourth-order valence-electron chi connectivity index (χ4n) is 4.33. The largest absolute Gasteiger partial charge is 0.493 e. The Morgan fingerprint density at radius 3 is 2.74 bits per heavy atom. The van der Waals surface area contributed by atoms with E-state index in [2.05, 4.69) is 10.1 Å². The molecule has 0 spiro atoms. The van der Waals surface area contributed by atoms with E-state index in [-0.39, 0.29) is 30.6 Å². The summed E-state index contributed by atoms with van der Waals surface area (Å²) in [6.45, 7) is 3.28. The molecule has 10 nitrogen and oxygen atoms in total. The van der Waals surface area contributed by atoms with Gasteiger partial charge in [0.1, 0.15) is 6.54 Å². The number of methoxy groups -OCH3 is 1. The Balaban J connectivity index is 1.51. The Morgan fingerprint density at radius 2 is 1.97 bits per heavy atom. The minimum atomic E-state index is -0.438. The third-order valence-electron chi connectivity index (χ3n) is 6.03. The number of ether oxygens (including phenoxy) is 3. The molecule has 1 aliphatic rings. The van der Waals surface area contributed by atoms with Gasteiger partial charge >= 0.3 is 5.69 Å². The van der Waals surface area contributed by atoms with Crippen molar-refractivity contribution in [3.63, 3.8) is 0 Å². The molecule has 182 valence electrons. The molecule has 1 fully saturated rings. The lowest BCUT2D eigenvalue weighted by atomic mass is 10.2. The molecule has 0 radical (unpaired) electrons. The molecular formula is C25H26N4O6. The molecule has 0 saturated carbocycles. The molecule has 1 saturated heterocycles. The molecule has 35 heavy (non-hydrogen) atoms. The van der Waals surface area contributed by atoms with E-state index < -0.39 is 5.69 Å². The number of hydrogen-bond acceptors (Lipinski definition) is 8. The second kappa shape index (κ2) is 9.75. The summed E-state index contributed by atoms with van der Waals surface area (Å²) in [6, 6.07) is 12.4. The van der Waals surface area contributed by atoms with Crippen LogP contribution in [0.2, 0.25) is 0 Å². The van der Waals surface area contributed by atoms with Gasteiger partial charge in [0.15, 0.2) is 11.5 Å². The van der Waals surface area contributed by atoms with Crippen LogP contribution in [-0.4, -0.2) is 45.7 Å². The van der Waals surface area contributed by atoms with Crippen LogP contribution < -0.4 is 20.7 Å². The number of fused-ring (bicyclic) bond motifs is 1. The summed E-state index contributed by atoms with van der Waals surface area (Å²) in [5.41, 5.74) is 0.422. The lowest BCUT2D eigenvalue weighted by Crippen LogP contribution is -2.42. The first-order valence-electron chi connectivity index (χ1n) is 11.6. The summed E-state index contributed by atoms with van der Waals surface area (Å²) in [5.74, 6) is 1.77. The van der Waals surface area contributed by atoms with Gasteiger partial charge in [-0.15, -0.1) is 0 Å². The molecule has 0 aliphatic carbocycles. The molecule has 0 amide bonds. The van der Waals surface area contributed by atoms with Crippen molar-refractivity contribution in [2.75, 3.05) is 20.3 Å². The summed E-state index contributed by atoms with van der Waals surface area (Å²) in [5, 5.41) is 4.53. The second-order valence-corrected chi connectivity index (χ2v) is 8.25. The van der Waals surface area contributed by atoms with Crippen molar-refractivity contribution in [2.45, 2.75) is 39.0 Å². The van der Waals surface area contributed by atoms with Crippen LogP contribution >= 0.6 is 0 Å². The number of nitrogens with zero attached hydrogens (tertiary/aromatic N) is 4. The Hall–Kier alpha value is -3.92. The van der Waals surface area contributed by atoms with Gasteiger partial charge in [-0.2, -0.15) is 4.98 Å². The predicted molar refractivity (Wildman–Crippen MR) is 128 cm³/mol. The van der Waals surface area contributed by atoms with Crippen LogP contribution in [0.25, 0.3) is 22.3 Å². The van der Waals surface area contributed by atoms with Gasteiger partial charge < -0.3 is 18.7 Å². The molecule has 4 aromatic rings. The quantitative estimate of drug-likeness (QED) is 0.380. The van der Waals surface area contributed by atoms with Crippen molar-refractivity contribution in [3.8, 4) is 22.9 Å². The Kier molecular flexibility index (Phi) is 6.37. The van der Waals surface area contributed by atoms with Crippen LogP contribution in [-0.2, 0) is 17.8 Å². The maximum absolute atomic E-state index is 13.4. The highest BCUT2D eigenvalue weighted by Gasteiger charge is 2.21. The maximum Gasteiger partial charge on any atom is 0.332 e. The number of benzene rings is 2. The van der Waals surface area contributed by atoms with Crippen molar-refractivity contribution in [2.24, 2.45) is 0 Å². The van der Waals surface area contributed by atoms with Gasteiger partial charge in [-0.25, -0.2) is 4.79 Å². The zero-order chi connectivity index (χ0) is 24.4. The van der Waals surface area contributed by atoms with Crippen LogP contribution in [0.15, 0.2) is 56.6 Å². The molecule has 1 atom stereocenters. The zero-order valence-corrected chi connectivity index (χ0v) is 19.6. The van der Waals surface area contributed by atoms with Crippen LogP contribution in [0, 0.1) is 0 Å². The highest BCUT2D eigenvalue weighted by Crippen LogP contribution is 2.31. The van der Waals surface area contributed by atoms with Crippen molar-refractivity contribution in [3.05, 3.63) is 69.2 Å². The number of para-hydroxylation sites is 1. The summed E-state index contributed by atoms with van der Waals surface area (Å²) in [4.78, 5) is 31.0. The van der Waals surface area contributed by atoms with Crippen molar-refractivity contribution in [1.82, 2.24) is 19.3 Å². The molecule has 2 aromatic carbocycles. The van der Waals surface area contributed by atoms with E-state index in [1.807, 2.05) is 13.0 Å². The molecule has 3 heterocycles. The van der Waals surface area contributed by atoms with Crippen LogP contribution in [0.5, 0.6) is 11.5 Å². The smallest absolute Gasteiger partial charge is 0.332 e. The van der Waals surface area contributed by atoms with Gasteiger partial charge in [-0.05, 0) is 50.1 Å². The van der Waals surface area contributed by atoms with E-state index >= 15 is 0 Å². The monoisotopic (exact) mass is 478 g/mol. The fourth-order valence-corrected chi connectivity index (χ4v) is 4.33. The van der Waals surface area contributed by atoms with E-state index in [4.69, 9.17) is 18.7 Å². The third kappa shape index (κ3) is 4.44. The summed E-state index contributed by atoms with van der Waals surface area (Å²) in [6.07, 6.45) is 1.58. The minimum Gasteiger partial charge on any atom is -0.493 e. The van der Waals surface area contributed by atoms with Gasteiger partial charge in [-0.1, -0.05) is 17.3 Å². The highest BCUT2D eigenvalue weighted by atomic mass is 16.5. The van der Waals surface area contributed by atoms with Gasteiger partial charge in [0, 0.05) is 12.2 Å². The van der Waals surface area contributed by atoms with Crippen LogP contribution in [0.4, 0.5) is 0 Å². The van der Waals surface area contributed by atoms with E-state index in [9.17, 15) is 9.59 Å². The fraction of sp³-hybridized carbons (Fsp3) is 0.360. The van der Waals surface area contributed by atoms with E-state index in [1.54, 1.807) is 43.5 Å². The lowest BCUT2D eigenvalue weighted by molar-refractivity contribution is 0.0948. The number of hydrogen-bond donors (Lipinski definition) is 0. The normalized spacial score (nSPS) is 15.5. The summed E-state index contributed by atoms with van der Waals surface area (Å²) >= 11 is 0. The summed E-state index contributed by atoms with van der Waals surface area (Å²) in [7, 11) is 1.56. The number of rotatable bonds is 8. The van der Waals surface area contributed by atoms with Gasteiger partial charge in [0.05, 0.1) is 37.3 Å². The Labute approximate surface area is 200 Å². The molecule has 2 aromatic heterocycles. The highest BCUT2D eigenvalue weighted by molar-refractivity contribution is 5.77. The molecule has 0 N–H and O–H groups in total. The molecule has 10 heteroatoms. The average Bonchev–Trinajstić information content (AvgIpc) is 3.57. The zero-order valence-electron chi connectivity index (χ0n) is 19.6. The number of aromatic nitrogens is 4. The van der Waals surface area contributed by atoms with Crippen molar-refractivity contribution < 1.29 is 18.7 Å². The Bertz CT molecular complexity index is 1470. The van der Waals surface area contributed by atoms with Crippen LogP contribution in [0.3, 0.4) is 0 Å². The lowest BCUT2D eigenvalue weighted by Gasteiger charge is -2.15. The molecule has 0 bridgehead atoms. The molecule has 5 rings (SSSR count). The van der Waals surface area contributed by atoms with Crippen molar-refractivity contribution in [1.29, 1.82) is 0 Å². The van der Waals surface area contributed by atoms with Gasteiger partial charge in [0.25, 0.3) is 5.56 Å². The average molecular weight is 479 g/mol. The second-order valence-electron chi connectivity index (χ2n) is 8.25. The van der Waals surface area contributed by atoms with E-state index in [1.165, 1.54) is 9.13 Å². The van der Waals surface area contributed by atoms with E-state index in [0.717, 1.165) is 12.8 Å². The topological polar surface area (TPSA) is 111 Å². The summed E-state index contributed by atoms with van der Waals surface area (Å²) < 4.78 is 24.8. The molecular weight excluding hydrogens is 452 g/mol.